The van der Waals surface area contributed by atoms with E-state index in [1.165, 1.54) is 12.1 Å². The summed E-state index contributed by atoms with van der Waals surface area (Å²) < 4.78 is 38.7. The highest BCUT2D eigenvalue weighted by Gasteiger charge is 2.34. The Balaban J connectivity index is 2.28. The zero-order valence-electron chi connectivity index (χ0n) is 12.7. The van der Waals surface area contributed by atoms with Gasteiger partial charge in [-0.25, -0.2) is 0 Å². The molecule has 3 atom stereocenters. The van der Waals surface area contributed by atoms with E-state index in [4.69, 9.17) is 5.73 Å². The Bertz CT molecular complexity index is 467. The first-order chi connectivity index (χ1) is 9.82. The summed E-state index contributed by atoms with van der Waals surface area (Å²) in [6.07, 6.45) is -1.18. The van der Waals surface area contributed by atoms with E-state index in [-0.39, 0.29) is 5.92 Å². The maximum atomic E-state index is 12.9. The van der Waals surface area contributed by atoms with Crippen LogP contribution in [0.25, 0.3) is 0 Å². The second kappa shape index (κ2) is 6.39. The lowest BCUT2D eigenvalue weighted by Gasteiger charge is -2.38. The minimum atomic E-state index is -4.28. The van der Waals surface area contributed by atoms with Crippen LogP contribution in [0, 0.1) is 17.8 Å². The highest BCUT2D eigenvalue weighted by Crippen LogP contribution is 2.43. The Kier molecular flexibility index (Phi) is 4.97. The maximum absolute atomic E-state index is 12.9. The van der Waals surface area contributed by atoms with Gasteiger partial charge in [-0.2, -0.15) is 13.2 Å². The van der Waals surface area contributed by atoms with Crippen LogP contribution in [0.5, 0.6) is 0 Å². The molecule has 3 unspecified atom stereocenters. The molecule has 0 saturated heterocycles. The van der Waals surface area contributed by atoms with Crippen molar-refractivity contribution in [1.29, 1.82) is 0 Å². The molecule has 2 N–H and O–H groups in total. The van der Waals surface area contributed by atoms with Crippen LogP contribution in [-0.2, 0) is 6.18 Å². The number of alkyl halides is 3. The first-order valence-electron chi connectivity index (χ1n) is 7.70. The second-order valence-corrected chi connectivity index (χ2v) is 6.54. The van der Waals surface area contributed by atoms with E-state index in [0.29, 0.717) is 24.3 Å². The van der Waals surface area contributed by atoms with Gasteiger partial charge in [-0.05, 0) is 61.1 Å². The molecule has 0 amide bonds. The number of halogens is 3. The van der Waals surface area contributed by atoms with Crippen LogP contribution in [0.2, 0.25) is 0 Å². The van der Waals surface area contributed by atoms with Crippen molar-refractivity contribution in [3.63, 3.8) is 0 Å². The molecule has 0 spiro atoms. The molecule has 1 saturated carbocycles. The Morgan fingerprint density at radius 2 is 1.95 bits per heavy atom. The summed E-state index contributed by atoms with van der Waals surface area (Å²) in [6, 6.07) is 5.80. The largest absolute Gasteiger partial charge is 0.416 e. The van der Waals surface area contributed by atoms with Gasteiger partial charge in [0.1, 0.15) is 0 Å². The van der Waals surface area contributed by atoms with Gasteiger partial charge in [-0.3, -0.25) is 0 Å². The quantitative estimate of drug-likeness (QED) is 0.850. The highest BCUT2D eigenvalue weighted by atomic mass is 19.4. The van der Waals surface area contributed by atoms with Crippen LogP contribution < -0.4 is 5.73 Å². The summed E-state index contributed by atoms with van der Waals surface area (Å²) in [5, 5.41) is 0. The molecule has 21 heavy (non-hydrogen) atoms. The molecular weight excluding hydrogens is 275 g/mol. The zero-order valence-corrected chi connectivity index (χ0v) is 12.7. The number of rotatable bonds is 3. The molecular formula is C17H24F3N. The molecule has 4 heteroatoms. The van der Waals surface area contributed by atoms with Crippen LogP contribution in [0.1, 0.15) is 50.2 Å². The number of hydrogen-bond donors (Lipinski definition) is 1. The second-order valence-electron chi connectivity index (χ2n) is 6.54. The van der Waals surface area contributed by atoms with Crippen LogP contribution in [0.4, 0.5) is 13.2 Å². The summed E-state index contributed by atoms with van der Waals surface area (Å²) in [4.78, 5) is 0. The molecule has 2 rings (SSSR count). The van der Waals surface area contributed by atoms with E-state index in [1.807, 2.05) is 6.07 Å². The molecule has 0 heterocycles. The lowest BCUT2D eigenvalue weighted by molar-refractivity contribution is -0.137. The Morgan fingerprint density at radius 3 is 2.52 bits per heavy atom. The van der Waals surface area contributed by atoms with Crippen LogP contribution in [0.15, 0.2) is 24.3 Å². The van der Waals surface area contributed by atoms with E-state index in [1.54, 1.807) is 0 Å². The molecule has 1 aromatic rings. The van der Waals surface area contributed by atoms with Crippen molar-refractivity contribution in [2.45, 2.75) is 45.2 Å². The monoisotopic (exact) mass is 299 g/mol. The standard InChI is InChI=1S/C17H24F3N/c1-11(2)12-6-7-14(10-21)16(9-12)13-4-3-5-15(8-13)17(18,19)20/h3-5,8,11-12,14,16H,6-7,9-10,21H2,1-2H3. The fourth-order valence-corrected chi connectivity index (χ4v) is 3.51. The van der Waals surface area contributed by atoms with E-state index in [0.717, 1.165) is 30.9 Å². The van der Waals surface area contributed by atoms with Gasteiger partial charge < -0.3 is 5.73 Å². The normalized spacial score (nSPS) is 27.1. The topological polar surface area (TPSA) is 26.0 Å². The number of benzene rings is 1. The van der Waals surface area contributed by atoms with Gasteiger partial charge >= 0.3 is 6.18 Å². The van der Waals surface area contributed by atoms with Crippen molar-refractivity contribution < 1.29 is 13.2 Å². The number of nitrogens with two attached hydrogens (primary N) is 1. The van der Waals surface area contributed by atoms with Crippen LogP contribution in [-0.4, -0.2) is 6.54 Å². The summed E-state index contributed by atoms with van der Waals surface area (Å²) >= 11 is 0. The van der Waals surface area contributed by atoms with Crippen LogP contribution >= 0.6 is 0 Å². The van der Waals surface area contributed by atoms with Crippen LogP contribution in [0.3, 0.4) is 0 Å². The predicted molar refractivity (Wildman–Crippen MR) is 78.9 cm³/mol. The lowest BCUT2D eigenvalue weighted by atomic mass is 9.68. The Morgan fingerprint density at radius 1 is 1.24 bits per heavy atom. The molecule has 1 aliphatic rings. The number of hydrogen-bond acceptors (Lipinski definition) is 1. The van der Waals surface area contributed by atoms with Gasteiger partial charge in [-0.1, -0.05) is 32.0 Å². The van der Waals surface area contributed by atoms with Crippen molar-refractivity contribution in [3.05, 3.63) is 35.4 Å². The van der Waals surface area contributed by atoms with Crippen molar-refractivity contribution in [2.24, 2.45) is 23.5 Å². The molecule has 1 aromatic carbocycles. The smallest absolute Gasteiger partial charge is 0.330 e. The van der Waals surface area contributed by atoms with Crippen molar-refractivity contribution in [2.75, 3.05) is 6.54 Å². The first-order valence-corrected chi connectivity index (χ1v) is 7.70. The molecule has 1 fully saturated rings. The molecule has 1 nitrogen and oxygen atoms in total. The van der Waals surface area contributed by atoms with Crippen molar-refractivity contribution in [3.8, 4) is 0 Å². The summed E-state index contributed by atoms with van der Waals surface area (Å²) in [6.45, 7) is 4.93. The average molecular weight is 299 g/mol. The van der Waals surface area contributed by atoms with Gasteiger partial charge in [0, 0.05) is 0 Å². The highest BCUT2D eigenvalue weighted by molar-refractivity contribution is 5.29. The van der Waals surface area contributed by atoms with E-state index < -0.39 is 11.7 Å². The molecule has 0 aromatic heterocycles. The third-order valence-electron chi connectivity index (χ3n) is 4.92. The summed E-state index contributed by atoms with van der Waals surface area (Å²) in [5.41, 5.74) is 6.10. The van der Waals surface area contributed by atoms with Gasteiger partial charge in [0.25, 0.3) is 0 Å². The Hall–Kier alpha value is -1.03. The molecule has 0 bridgehead atoms. The molecule has 0 radical (unpaired) electrons. The fourth-order valence-electron chi connectivity index (χ4n) is 3.51. The molecule has 118 valence electrons. The van der Waals surface area contributed by atoms with Gasteiger partial charge in [-0.15, -0.1) is 0 Å². The molecule has 1 aliphatic carbocycles. The Labute approximate surface area is 124 Å². The van der Waals surface area contributed by atoms with E-state index >= 15 is 0 Å². The minimum Gasteiger partial charge on any atom is -0.330 e. The minimum absolute atomic E-state index is 0.151. The van der Waals surface area contributed by atoms with Gasteiger partial charge in [0.05, 0.1) is 5.56 Å². The zero-order chi connectivity index (χ0) is 15.6. The van der Waals surface area contributed by atoms with Gasteiger partial charge in [0.15, 0.2) is 0 Å². The van der Waals surface area contributed by atoms with E-state index in [9.17, 15) is 13.2 Å². The van der Waals surface area contributed by atoms with Crippen molar-refractivity contribution >= 4 is 0 Å². The van der Waals surface area contributed by atoms with E-state index in [2.05, 4.69) is 13.8 Å². The van der Waals surface area contributed by atoms with Crippen molar-refractivity contribution in [1.82, 2.24) is 0 Å². The van der Waals surface area contributed by atoms with Gasteiger partial charge in [0.2, 0.25) is 0 Å². The fraction of sp³-hybridized carbons (Fsp3) is 0.647. The average Bonchev–Trinajstić information content (AvgIpc) is 2.45. The predicted octanol–water partition coefficient (Wildman–Crippen LogP) is 4.82. The maximum Gasteiger partial charge on any atom is 0.416 e. The summed E-state index contributed by atoms with van der Waals surface area (Å²) in [7, 11) is 0. The third kappa shape index (κ3) is 3.79. The first kappa shape index (κ1) is 16.3. The molecule has 0 aliphatic heterocycles. The SMILES string of the molecule is CC(C)C1CCC(CN)C(c2cccc(C(F)(F)F)c2)C1. The summed E-state index contributed by atoms with van der Waals surface area (Å²) in [5.74, 6) is 1.59. The third-order valence-corrected chi connectivity index (χ3v) is 4.92. The lowest BCUT2D eigenvalue weighted by Crippen LogP contribution is -2.30.